The summed E-state index contributed by atoms with van der Waals surface area (Å²) in [4.78, 5) is 22.4. The first-order valence-corrected chi connectivity index (χ1v) is 6.31. The number of carbonyl (C=O) groups excluding carboxylic acids is 1. The third kappa shape index (κ3) is 3.23. The molecule has 0 bridgehead atoms. The average Bonchev–Trinajstić information content (AvgIpc) is 2.95. The summed E-state index contributed by atoms with van der Waals surface area (Å²) in [6.45, 7) is 4.06. The predicted molar refractivity (Wildman–Crippen MR) is 72.7 cm³/mol. The molecule has 1 saturated carbocycles. The molecule has 0 radical (unpaired) electrons. The molecule has 1 aromatic rings. The van der Waals surface area contributed by atoms with Crippen molar-refractivity contribution in [2.75, 3.05) is 0 Å². The molecule has 0 spiro atoms. The van der Waals surface area contributed by atoms with Gasteiger partial charge in [-0.25, -0.2) is 9.18 Å². The zero-order chi connectivity index (χ0) is 14.9. The lowest BCUT2D eigenvalue weighted by Gasteiger charge is -2.08. The Morgan fingerprint density at radius 3 is 2.65 bits per heavy atom. The van der Waals surface area contributed by atoms with Crippen molar-refractivity contribution >= 4 is 18.0 Å². The SMILES string of the molecule is CC1(C)CC1NC(=O)c1cc(C=CC(=O)O)ccc1F. The van der Waals surface area contributed by atoms with Crippen LogP contribution in [0.5, 0.6) is 0 Å². The van der Waals surface area contributed by atoms with Crippen molar-refractivity contribution in [1.82, 2.24) is 5.32 Å². The summed E-state index contributed by atoms with van der Waals surface area (Å²) in [5, 5.41) is 11.3. The van der Waals surface area contributed by atoms with Crippen LogP contribution in [0.25, 0.3) is 6.08 Å². The zero-order valence-electron chi connectivity index (χ0n) is 11.3. The smallest absolute Gasteiger partial charge is 0.328 e. The molecule has 20 heavy (non-hydrogen) atoms. The maximum absolute atomic E-state index is 13.7. The molecule has 0 heterocycles. The fourth-order valence-electron chi connectivity index (χ4n) is 1.94. The molecule has 1 amide bonds. The van der Waals surface area contributed by atoms with E-state index in [1.165, 1.54) is 18.2 Å². The Morgan fingerprint density at radius 1 is 1.45 bits per heavy atom. The van der Waals surface area contributed by atoms with Crippen LogP contribution in [-0.4, -0.2) is 23.0 Å². The normalized spacial score (nSPS) is 19.9. The molecule has 1 aliphatic carbocycles. The molecule has 1 aromatic carbocycles. The maximum Gasteiger partial charge on any atom is 0.328 e. The van der Waals surface area contributed by atoms with Crippen LogP contribution < -0.4 is 5.32 Å². The number of hydrogen-bond acceptors (Lipinski definition) is 2. The fraction of sp³-hybridized carbons (Fsp3) is 0.333. The summed E-state index contributed by atoms with van der Waals surface area (Å²) >= 11 is 0. The molecule has 0 aliphatic heterocycles. The molecular weight excluding hydrogens is 261 g/mol. The number of halogens is 1. The van der Waals surface area contributed by atoms with Gasteiger partial charge in [0.2, 0.25) is 0 Å². The molecule has 1 fully saturated rings. The van der Waals surface area contributed by atoms with Crippen LogP contribution in [0, 0.1) is 11.2 Å². The van der Waals surface area contributed by atoms with Crippen LogP contribution in [0.4, 0.5) is 4.39 Å². The van der Waals surface area contributed by atoms with Crippen molar-refractivity contribution in [3.8, 4) is 0 Å². The first-order valence-electron chi connectivity index (χ1n) is 6.31. The van der Waals surface area contributed by atoms with E-state index >= 15 is 0 Å². The van der Waals surface area contributed by atoms with E-state index in [9.17, 15) is 14.0 Å². The van der Waals surface area contributed by atoms with Crippen LogP contribution in [0.15, 0.2) is 24.3 Å². The highest BCUT2D eigenvalue weighted by molar-refractivity contribution is 5.96. The molecule has 106 valence electrons. The number of carboxylic acid groups (broad SMARTS) is 1. The number of benzene rings is 1. The van der Waals surface area contributed by atoms with Gasteiger partial charge in [0, 0.05) is 12.1 Å². The van der Waals surface area contributed by atoms with Gasteiger partial charge in [0.05, 0.1) is 5.56 Å². The Balaban J connectivity index is 2.16. The molecule has 2 rings (SSSR count). The minimum atomic E-state index is -1.10. The third-order valence-corrected chi connectivity index (χ3v) is 3.47. The van der Waals surface area contributed by atoms with Crippen LogP contribution in [0.1, 0.15) is 36.2 Å². The van der Waals surface area contributed by atoms with Crippen LogP contribution in [0.2, 0.25) is 0 Å². The van der Waals surface area contributed by atoms with E-state index in [2.05, 4.69) is 5.32 Å². The second kappa shape index (κ2) is 5.07. The van der Waals surface area contributed by atoms with Gasteiger partial charge in [-0.15, -0.1) is 0 Å². The van der Waals surface area contributed by atoms with Gasteiger partial charge in [-0.05, 0) is 35.6 Å². The second-order valence-corrected chi connectivity index (χ2v) is 5.63. The largest absolute Gasteiger partial charge is 0.478 e. The maximum atomic E-state index is 13.7. The summed E-state index contributed by atoms with van der Waals surface area (Å²) in [5.74, 6) is -2.18. The summed E-state index contributed by atoms with van der Waals surface area (Å²) in [5.41, 5.74) is 0.460. The topological polar surface area (TPSA) is 66.4 Å². The van der Waals surface area contributed by atoms with Gasteiger partial charge >= 0.3 is 5.97 Å². The van der Waals surface area contributed by atoms with Crippen molar-refractivity contribution in [1.29, 1.82) is 0 Å². The van der Waals surface area contributed by atoms with Gasteiger partial charge in [-0.3, -0.25) is 4.79 Å². The number of carbonyl (C=O) groups is 2. The zero-order valence-corrected chi connectivity index (χ0v) is 11.3. The van der Waals surface area contributed by atoms with Gasteiger partial charge in [-0.1, -0.05) is 19.9 Å². The Bertz CT molecular complexity index is 593. The molecule has 0 saturated heterocycles. The van der Waals surface area contributed by atoms with Crippen LogP contribution in [-0.2, 0) is 4.79 Å². The van der Waals surface area contributed by atoms with E-state index in [1.807, 2.05) is 13.8 Å². The minimum absolute atomic E-state index is 0.0625. The summed E-state index contributed by atoms with van der Waals surface area (Å²) in [6, 6.07) is 3.99. The average molecular weight is 277 g/mol. The molecule has 0 aromatic heterocycles. The van der Waals surface area contributed by atoms with E-state index in [0.717, 1.165) is 18.6 Å². The molecule has 1 atom stereocenters. The second-order valence-electron chi connectivity index (χ2n) is 5.63. The fourth-order valence-corrected chi connectivity index (χ4v) is 1.94. The summed E-state index contributed by atoms with van der Waals surface area (Å²) < 4.78 is 13.7. The van der Waals surface area contributed by atoms with Gasteiger partial charge in [0.25, 0.3) is 5.91 Å². The van der Waals surface area contributed by atoms with Gasteiger partial charge in [0.1, 0.15) is 5.82 Å². The highest BCUT2D eigenvalue weighted by Gasteiger charge is 2.46. The van der Waals surface area contributed by atoms with Gasteiger partial charge in [-0.2, -0.15) is 0 Å². The third-order valence-electron chi connectivity index (χ3n) is 3.47. The Morgan fingerprint density at radius 2 is 2.10 bits per heavy atom. The Kier molecular flexibility index (Phi) is 3.61. The number of hydrogen-bond donors (Lipinski definition) is 2. The first-order chi connectivity index (χ1) is 9.29. The van der Waals surface area contributed by atoms with Crippen molar-refractivity contribution in [2.45, 2.75) is 26.3 Å². The number of rotatable bonds is 4. The summed E-state index contributed by atoms with van der Waals surface area (Å²) in [6.07, 6.45) is 3.14. The number of amides is 1. The monoisotopic (exact) mass is 277 g/mol. The predicted octanol–water partition coefficient (Wildman–Crippen LogP) is 2.45. The van der Waals surface area contributed by atoms with E-state index in [4.69, 9.17) is 5.11 Å². The summed E-state index contributed by atoms with van der Waals surface area (Å²) in [7, 11) is 0. The van der Waals surface area contributed by atoms with E-state index in [0.29, 0.717) is 5.56 Å². The van der Waals surface area contributed by atoms with Crippen molar-refractivity contribution in [3.05, 3.63) is 41.2 Å². The lowest BCUT2D eigenvalue weighted by atomic mass is 10.1. The van der Waals surface area contributed by atoms with Gasteiger partial charge < -0.3 is 10.4 Å². The number of carboxylic acids is 1. The van der Waals surface area contributed by atoms with E-state index in [-0.39, 0.29) is 17.0 Å². The van der Waals surface area contributed by atoms with Crippen molar-refractivity contribution < 1.29 is 19.1 Å². The lowest BCUT2D eigenvalue weighted by Crippen LogP contribution is -2.29. The quantitative estimate of drug-likeness (QED) is 0.831. The van der Waals surface area contributed by atoms with Crippen molar-refractivity contribution in [2.24, 2.45) is 5.41 Å². The standard InChI is InChI=1S/C15H16FNO3/c1-15(2)8-12(15)17-14(20)10-7-9(3-5-11(10)16)4-6-13(18)19/h3-7,12H,8H2,1-2H3,(H,17,20)(H,18,19). The Labute approximate surface area is 116 Å². The minimum Gasteiger partial charge on any atom is -0.478 e. The van der Waals surface area contributed by atoms with E-state index < -0.39 is 17.7 Å². The molecule has 1 unspecified atom stereocenters. The van der Waals surface area contributed by atoms with Crippen molar-refractivity contribution in [3.63, 3.8) is 0 Å². The molecule has 4 nitrogen and oxygen atoms in total. The highest BCUT2D eigenvalue weighted by Crippen LogP contribution is 2.44. The Hall–Kier alpha value is -2.17. The highest BCUT2D eigenvalue weighted by atomic mass is 19.1. The molecular formula is C15H16FNO3. The van der Waals surface area contributed by atoms with Crippen LogP contribution in [0.3, 0.4) is 0 Å². The van der Waals surface area contributed by atoms with E-state index in [1.54, 1.807) is 0 Å². The number of nitrogens with one attached hydrogen (secondary N) is 1. The van der Waals surface area contributed by atoms with Crippen LogP contribution >= 0.6 is 0 Å². The van der Waals surface area contributed by atoms with Gasteiger partial charge in [0.15, 0.2) is 0 Å². The molecule has 2 N–H and O–H groups in total. The molecule has 1 aliphatic rings. The first kappa shape index (κ1) is 14.2. The number of aliphatic carboxylic acids is 1. The molecule has 5 heteroatoms. The lowest BCUT2D eigenvalue weighted by molar-refractivity contribution is -0.131.